The van der Waals surface area contributed by atoms with Crippen LogP contribution in [0.1, 0.15) is 25.8 Å². The van der Waals surface area contributed by atoms with Gasteiger partial charge in [-0.3, -0.25) is 9.69 Å². The van der Waals surface area contributed by atoms with Crippen molar-refractivity contribution in [3.8, 4) is 5.75 Å². The van der Waals surface area contributed by atoms with Crippen LogP contribution in [-0.2, 0) is 16.0 Å². The molecule has 128 valence electrons. The van der Waals surface area contributed by atoms with Gasteiger partial charge in [0, 0.05) is 26.2 Å². The first kappa shape index (κ1) is 17.8. The van der Waals surface area contributed by atoms with E-state index < -0.39 is 6.10 Å². The van der Waals surface area contributed by atoms with Crippen molar-refractivity contribution in [2.24, 2.45) is 0 Å². The molecule has 1 aliphatic rings. The number of carbonyl (C=O) groups excluding carboxylic acids is 1. The Hall–Kier alpha value is -1.59. The summed E-state index contributed by atoms with van der Waals surface area (Å²) in [6, 6.07) is 7.95. The van der Waals surface area contributed by atoms with Crippen molar-refractivity contribution in [1.29, 1.82) is 0 Å². The molecule has 1 N–H and O–H groups in total. The highest BCUT2D eigenvalue weighted by molar-refractivity contribution is 5.81. The van der Waals surface area contributed by atoms with E-state index in [1.165, 1.54) is 5.56 Å². The molecule has 5 heteroatoms. The molecule has 0 radical (unpaired) electrons. The molecule has 1 atom stereocenters. The van der Waals surface area contributed by atoms with Crippen molar-refractivity contribution < 1.29 is 14.3 Å². The first-order valence-corrected chi connectivity index (χ1v) is 8.56. The van der Waals surface area contributed by atoms with E-state index in [2.05, 4.69) is 17.1 Å². The number of nitrogens with zero attached hydrogens (tertiary/aromatic N) is 1. The Morgan fingerprint density at radius 2 is 1.96 bits per heavy atom. The van der Waals surface area contributed by atoms with E-state index in [9.17, 15) is 4.79 Å². The van der Waals surface area contributed by atoms with Crippen molar-refractivity contribution in [2.45, 2.75) is 32.8 Å². The lowest BCUT2D eigenvalue weighted by Gasteiger charge is -2.26. The minimum Gasteiger partial charge on any atom is -0.481 e. The minimum absolute atomic E-state index is 0.0414. The number of aryl methyl sites for hydroxylation is 1. The number of nitrogens with one attached hydrogen (secondary N) is 1. The highest BCUT2D eigenvalue weighted by Gasteiger charge is 2.18. The van der Waals surface area contributed by atoms with Gasteiger partial charge in [-0.2, -0.15) is 0 Å². The predicted octanol–water partition coefficient (Wildman–Crippen LogP) is 1.85. The number of benzene rings is 1. The molecule has 0 aromatic heterocycles. The summed E-state index contributed by atoms with van der Waals surface area (Å²) in [7, 11) is 0. The number of amides is 1. The van der Waals surface area contributed by atoms with Gasteiger partial charge in [0.1, 0.15) is 5.75 Å². The number of carbonyl (C=O) groups is 1. The van der Waals surface area contributed by atoms with Crippen LogP contribution in [-0.4, -0.2) is 56.3 Å². The third-order valence-electron chi connectivity index (χ3n) is 4.10. The highest BCUT2D eigenvalue weighted by Crippen LogP contribution is 2.15. The Bertz CT molecular complexity index is 470. The molecule has 1 aromatic carbocycles. The number of rotatable bonds is 8. The quantitative estimate of drug-likeness (QED) is 0.794. The molecule has 0 unspecified atom stereocenters. The molecule has 1 aliphatic heterocycles. The molecule has 0 bridgehead atoms. The Morgan fingerprint density at radius 1 is 1.26 bits per heavy atom. The highest BCUT2D eigenvalue weighted by atomic mass is 16.5. The molecule has 1 heterocycles. The van der Waals surface area contributed by atoms with Crippen LogP contribution in [0.25, 0.3) is 0 Å². The fraction of sp³-hybridized carbons (Fsp3) is 0.611. The fourth-order valence-corrected chi connectivity index (χ4v) is 2.57. The lowest BCUT2D eigenvalue weighted by Crippen LogP contribution is -2.44. The molecular weight excluding hydrogens is 292 g/mol. The van der Waals surface area contributed by atoms with E-state index in [4.69, 9.17) is 9.47 Å². The largest absolute Gasteiger partial charge is 0.481 e. The Balaban J connectivity index is 1.75. The first-order valence-electron chi connectivity index (χ1n) is 8.56. The van der Waals surface area contributed by atoms with Crippen LogP contribution in [0, 0.1) is 0 Å². The molecule has 5 nitrogen and oxygen atoms in total. The first-order chi connectivity index (χ1) is 11.2. The average molecular weight is 320 g/mol. The van der Waals surface area contributed by atoms with E-state index in [1.807, 2.05) is 31.2 Å². The van der Waals surface area contributed by atoms with Gasteiger partial charge < -0.3 is 14.8 Å². The van der Waals surface area contributed by atoms with Crippen LogP contribution in [0.2, 0.25) is 0 Å². The van der Waals surface area contributed by atoms with Crippen molar-refractivity contribution in [3.05, 3.63) is 29.8 Å². The van der Waals surface area contributed by atoms with Crippen molar-refractivity contribution in [3.63, 3.8) is 0 Å². The molecule has 0 saturated carbocycles. The third-order valence-corrected chi connectivity index (χ3v) is 4.10. The second-order valence-corrected chi connectivity index (χ2v) is 5.76. The van der Waals surface area contributed by atoms with Gasteiger partial charge in [-0.05, 0) is 30.5 Å². The number of morpholine rings is 1. The van der Waals surface area contributed by atoms with Gasteiger partial charge in [-0.15, -0.1) is 0 Å². The number of hydrogen-bond donors (Lipinski definition) is 1. The zero-order valence-corrected chi connectivity index (χ0v) is 14.2. The Labute approximate surface area is 139 Å². The molecule has 23 heavy (non-hydrogen) atoms. The van der Waals surface area contributed by atoms with E-state index in [0.29, 0.717) is 13.0 Å². The number of ether oxygens (including phenoxy) is 2. The summed E-state index contributed by atoms with van der Waals surface area (Å²) < 4.78 is 11.1. The second-order valence-electron chi connectivity index (χ2n) is 5.76. The van der Waals surface area contributed by atoms with Crippen LogP contribution in [0.5, 0.6) is 5.75 Å². The number of hydrogen-bond acceptors (Lipinski definition) is 4. The van der Waals surface area contributed by atoms with E-state index in [-0.39, 0.29) is 5.91 Å². The van der Waals surface area contributed by atoms with Crippen LogP contribution in [0.15, 0.2) is 24.3 Å². The maximum Gasteiger partial charge on any atom is 0.261 e. The molecule has 2 rings (SSSR count). The Kier molecular flexibility index (Phi) is 7.36. The lowest BCUT2D eigenvalue weighted by atomic mass is 10.2. The molecule has 1 aromatic rings. The third kappa shape index (κ3) is 5.84. The van der Waals surface area contributed by atoms with Gasteiger partial charge in [-0.1, -0.05) is 26.0 Å². The topological polar surface area (TPSA) is 50.8 Å². The van der Waals surface area contributed by atoms with Gasteiger partial charge >= 0.3 is 0 Å². The maximum absolute atomic E-state index is 12.3. The lowest BCUT2D eigenvalue weighted by molar-refractivity contribution is -0.128. The van der Waals surface area contributed by atoms with Gasteiger partial charge in [0.2, 0.25) is 0 Å². The standard InChI is InChI=1S/C18H28N2O3/c1-3-15-5-7-16(8-6-15)23-17(4-2)18(21)19-9-10-20-11-13-22-14-12-20/h5-8,17H,3-4,9-14H2,1-2H3,(H,19,21)/t17-/m0/s1. The van der Waals surface area contributed by atoms with Gasteiger partial charge in [0.25, 0.3) is 5.91 Å². The zero-order valence-electron chi connectivity index (χ0n) is 14.2. The molecule has 1 saturated heterocycles. The molecule has 0 spiro atoms. The monoisotopic (exact) mass is 320 g/mol. The van der Waals surface area contributed by atoms with E-state index >= 15 is 0 Å². The summed E-state index contributed by atoms with van der Waals surface area (Å²) in [5.74, 6) is 0.706. The molecule has 1 fully saturated rings. The SMILES string of the molecule is CCc1ccc(O[C@@H](CC)C(=O)NCCN2CCOCC2)cc1. The van der Waals surface area contributed by atoms with Crippen molar-refractivity contribution >= 4 is 5.91 Å². The summed E-state index contributed by atoms with van der Waals surface area (Å²) in [5, 5.41) is 2.98. The summed E-state index contributed by atoms with van der Waals surface area (Å²) >= 11 is 0. The normalized spacial score (nSPS) is 16.8. The smallest absolute Gasteiger partial charge is 0.261 e. The van der Waals surface area contributed by atoms with Gasteiger partial charge in [0.05, 0.1) is 13.2 Å². The van der Waals surface area contributed by atoms with Crippen LogP contribution >= 0.6 is 0 Å². The maximum atomic E-state index is 12.3. The second kappa shape index (κ2) is 9.53. The van der Waals surface area contributed by atoms with Crippen LogP contribution in [0.3, 0.4) is 0 Å². The van der Waals surface area contributed by atoms with Gasteiger partial charge in [0.15, 0.2) is 6.10 Å². The summed E-state index contributed by atoms with van der Waals surface area (Å²) in [5.41, 5.74) is 1.26. The predicted molar refractivity (Wildman–Crippen MR) is 90.8 cm³/mol. The summed E-state index contributed by atoms with van der Waals surface area (Å²) in [4.78, 5) is 14.6. The van der Waals surface area contributed by atoms with Crippen LogP contribution in [0.4, 0.5) is 0 Å². The van der Waals surface area contributed by atoms with Crippen molar-refractivity contribution in [1.82, 2.24) is 10.2 Å². The molecular formula is C18H28N2O3. The van der Waals surface area contributed by atoms with E-state index in [1.54, 1.807) is 0 Å². The summed E-state index contributed by atoms with van der Waals surface area (Å²) in [6.07, 6.45) is 1.21. The van der Waals surface area contributed by atoms with Gasteiger partial charge in [-0.25, -0.2) is 0 Å². The molecule has 0 aliphatic carbocycles. The summed E-state index contributed by atoms with van der Waals surface area (Å²) in [6.45, 7) is 9.02. The van der Waals surface area contributed by atoms with Crippen molar-refractivity contribution in [2.75, 3.05) is 39.4 Å². The van der Waals surface area contributed by atoms with Crippen LogP contribution < -0.4 is 10.1 Å². The average Bonchev–Trinajstić information content (AvgIpc) is 2.61. The zero-order chi connectivity index (χ0) is 16.5. The van der Waals surface area contributed by atoms with E-state index in [0.717, 1.165) is 45.0 Å². The Morgan fingerprint density at radius 3 is 2.57 bits per heavy atom. The fourth-order valence-electron chi connectivity index (χ4n) is 2.57. The molecule has 1 amide bonds. The minimum atomic E-state index is -0.438.